The highest BCUT2D eigenvalue weighted by Gasteiger charge is 2.38. The Balaban J connectivity index is 1.88. The van der Waals surface area contributed by atoms with Gasteiger partial charge in [-0.2, -0.15) is 0 Å². The predicted octanol–water partition coefficient (Wildman–Crippen LogP) is 4.14. The minimum atomic E-state index is 0.593. The molecular formula is C12H14BrNS. The molecule has 0 atom stereocenters. The van der Waals surface area contributed by atoms with Crippen LogP contribution in [0.5, 0.6) is 0 Å². The Kier molecular flexibility index (Phi) is 2.48. The average molecular weight is 284 g/mol. The first-order chi connectivity index (χ1) is 7.27. The van der Waals surface area contributed by atoms with Crippen molar-refractivity contribution in [1.82, 2.24) is 0 Å². The number of anilines is 1. The van der Waals surface area contributed by atoms with Gasteiger partial charge in [0, 0.05) is 27.4 Å². The van der Waals surface area contributed by atoms with Crippen molar-refractivity contribution < 1.29 is 0 Å². The van der Waals surface area contributed by atoms with Crippen molar-refractivity contribution in [3.05, 3.63) is 22.7 Å². The van der Waals surface area contributed by atoms with Crippen molar-refractivity contribution in [2.24, 2.45) is 5.41 Å². The van der Waals surface area contributed by atoms with Crippen molar-refractivity contribution in [2.75, 3.05) is 17.6 Å². The van der Waals surface area contributed by atoms with Gasteiger partial charge in [0.1, 0.15) is 0 Å². The molecular weight excluding hydrogens is 270 g/mol. The lowest BCUT2D eigenvalue weighted by Gasteiger charge is -2.40. The van der Waals surface area contributed by atoms with Gasteiger partial charge in [0.2, 0.25) is 0 Å². The zero-order chi connectivity index (χ0) is 10.3. The van der Waals surface area contributed by atoms with Gasteiger partial charge in [-0.1, -0.05) is 22.4 Å². The molecule has 1 heterocycles. The van der Waals surface area contributed by atoms with Crippen LogP contribution in [0.1, 0.15) is 19.3 Å². The van der Waals surface area contributed by atoms with E-state index in [2.05, 4.69) is 39.4 Å². The first-order valence-electron chi connectivity index (χ1n) is 5.44. The van der Waals surface area contributed by atoms with E-state index < -0.39 is 0 Å². The van der Waals surface area contributed by atoms with Gasteiger partial charge >= 0.3 is 0 Å². The summed E-state index contributed by atoms with van der Waals surface area (Å²) in [5.74, 6) is 1.29. The molecule has 1 N–H and O–H groups in total. The highest BCUT2D eigenvalue weighted by Crippen LogP contribution is 2.48. The maximum Gasteiger partial charge on any atom is 0.0489 e. The Morgan fingerprint density at radius 3 is 2.93 bits per heavy atom. The summed E-state index contributed by atoms with van der Waals surface area (Å²) in [6.07, 6.45) is 4.23. The lowest BCUT2D eigenvalue weighted by atomic mass is 9.70. The average Bonchev–Trinajstić information content (AvgIpc) is 2.36. The molecule has 0 bridgehead atoms. The Labute approximate surface area is 103 Å². The molecule has 3 heteroatoms. The summed E-state index contributed by atoms with van der Waals surface area (Å²) in [7, 11) is 0. The van der Waals surface area contributed by atoms with Crippen LogP contribution in [-0.4, -0.2) is 12.3 Å². The van der Waals surface area contributed by atoms with Gasteiger partial charge < -0.3 is 5.32 Å². The summed E-state index contributed by atoms with van der Waals surface area (Å²) in [4.78, 5) is 1.40. The number of hydrogen-bond donors (Lipinski definition) is 1. The van der Waals surface area contributed by atoms with Crippen LogP contribution < -0.4 is 5.32 Å². The normalized spacial score (nSPS) is 22.5. The zero-order valence-corrected chi connectivity index (χ0v) is 11.0. The second-order valence-corrected chi connectivity index (χ2v) is 6.57. The molecule has 0 amide bonds. The van der Waals surface area contributed by atoms with E-state index in [9.17, 15) is 0 Å². The molecule has 1 aromatic rings. The number of fused-ring (bicyclic) bond motifs is 1. The zero-order valence-electron chi connectivity index (χ0n) is 8.55. The number of halogens is 1. The molecule has 0 saturated heterocycles. The number of thioether (sulfide) groups is 1. The smallest absolute Gasteiger partial charge is 0.0489 e. The van der Waals surface area contributed by atoms with Crippen LogP contribution in [0.4, 0.5) is 5.69 Å². The number of rotatable bonds is 0. The molecule has 1 spiro atoms. The molecule has 1 aromatic carbocycles. The van der Waals surface area contributed by atoms with Gasteiger partial charge in [-0.15, -0.1) is 11.8 Å². The van der Waals surface area contributed by atoms with E-state index in [4.69, 9.17) is 0 Å². The topological polar surface area (TPSA) is 12.0 Å². The number of benzene rings is 1. The van der Waals surface area contributed by atoms with Crippen LogP contribution in [0.15, 0.2) is 27.6 Å². The molecule has 1 fully saturated rings. The Morgan fingerprint density at radius 2 is 2.20 bits per heavy atom. The van der Waals surface area contributed by atoms with Crippen molar-refractivity contribution in [3.8, 4) is 0 Å². The monoisotopic (exact) mass is 283 g/mol. The Bertz CT molecular complexity index is 387. The van der Waals surface area contributed by atoms with E-state index >= 15 is 0 Å². The molecule has 15 heavy (non-hydrogen) atoms. The molecule has 1 aliphatic heterocycles. The Morgan fingerprint density at radius 1 is 1.33 bits per heavy atom. The fourth-order valence-corrected chi connectivity index (χ4v) is 3.99. The van der Waals surface area contributed by atoms with Crippen molar-refractivity contribution in [2.45, 2.75) is 24.2 Å². The fraction of sp³-hybridized carbons (Fsp3) is 0.500. The SMILES string of the molecule is Brc1ccc2c(c1)NCC1(CCC1)CS2. The van der Waals surface area contributed by atoms with Crippen molar-refractivity contribution in [3.63, 3.8) is 0 Å². The fourth-order valence-electron chi connectivity index (χ4n) is 2.33. The number of nitrogens with one attached hydrogen (secondary N) is 1. The molecule has 1 aliphatic carbocycles. The summed E-state index contributed by atoms with van der Waals surface area (Å²) < 4.78 is 1.17. The van der Waals surface area contributed by atoms with Gasteiger partial charge in [0.05, 0.1) is 0 Å². The molecule has 80 valence electrons. The van der Waals surface area contributed by atoms with Crippen LogP contribution in [0.2, 0.25) is 0 Å². The maximum absolute atomic E-state index is 3.61. The second-order valence-electron chi connectivity index (χ2n) is 4.64. The lowest BCUT2D eigenvalue weighted by Crippen LogP contribution is -2.37. The summed E-state index contributed by atoms with van der Waals surface area (Å²) in [6.45, 7) is 1.16. The van der Waals surface area contributed by atoms with E-state index in [1.54, 1.807) is 0 Å². The molecule has 0 unspecified atom stereocenters. The van der Waals surface area contributed by atoms with E-state index in [1.165, 1.54) is 40.1 Å². The highest BCUT2D eigenvalue weighted by molar-refractivity contribution is 9.10. The van der Waals surface area contributed by atoms with Crippen LogP contribution in [0.25, 0.3) is 0 Å². The van der Waals surface area contributed by atoms with E-state index in [-0.39, 0.29) is 0 Å². The van der Waals surface area contributed by atoms with Gasteiger partial charge in [-0.3, -0.25) is 0 Å². The molecule has 2 aliphatic rings. The number of hydrogen-bond acceptors (Lipinski definition) is 2. The third-order valence-electron chi connectivity index (χ3n) is 3.54. The minimum absolute atomic E-state index is 0.593. The van der Waals surface area contributed by atoms with Crippen molar-refractivity contribution >= 4 is 33.4 Å². The molecule has 3 rings (SSSR count). The lowest BCUT2D eigenvalue weighted by molar-refractivity contribution is 0.187. The van der Waals surface area contributed by atoms with Gasteiger partial charge in [-0.05, 0) is 36.5 Å². The first kappa shape index (κ1) is 10.0. The third kappa shape index (κ3) is 1.80. The summed E-state index contributed by atoms with van der Waals surface area (Å²) >= 11 is 5.54. The van der Waals surface area contributed by atoms with Crippen molar-refractivity contribution in [1.29, 1.82) is 0 Å². The van der Waals surface area contributed by atoms with Gasteiger partial charge in [0.15, 0.2) is 0 Å². The standard InChI is InChI=1S/C12H14BrNS/c13-9-2-3-11-10(6-9)14-7-12(8-15-11)4-1-5-12/h2-3,6,14H,1,4-5,7-8H2. The molecule has 0 aromatic heterocycles. The summed E-state index contributed by atoms with van der Waals surface area (Å²) in [6, 6.07) is 6.54. The minimum Gasteiger partial charge on any atom is -0.384 e. The van der Waals surface area contributed by atoms with E-state index in [0.29, 0.717) is 5.41 Å². The van der Waals surface area contributed by atoms with E-state index in [1.807, 2.05) is 11.8 Å². The van der Waals surface area contributed by atoms with Crippen LogP contribution in [0.3, 0.4) is 0 Å². The summed E-state index contributed by atoms with van der Waals surface area (Å²) in [5, 5.41) is 3.61. The van der Waals surface area contributed by atoms with Crippen LogP contribution >= 0.6 is 27.7 Å². The molecule has 1 nitrogen and oxygen atoms in total. The van der Waals surface area contributed by atoms with Crippen LogP contribution in [-0.2, 0) is 0 Å². The van der Waals surface area contributed by atoms with Crippen LogP contribution in [0, 0.1) is 5.41 Å². The predicted molar refractivity (Wildman–Crippen MR) is 69.6 cm³/mol. The largest absolute Gasteiger partial charge is 0.384 e. The quantitative estimate of drug-likeness (QED) is 0.768. The molecule has 1 saturated carbocycles. The Hall–Kier alpha value is -0.150. The van der Waals surface area contributed by atoms with Gasteiger partial charge in [0.25, 0.3) is 0 Å². The van der Waals surface area contributed by atoms with Gasteiger partial charge in [-0.25, -0.2) is 0 Å². The second kappa shape index (κ2) is 3.70. The first-order valence-corrected chi connectivity index (χ1v) is 7.22. The highest BCUT2D eigenvalue weighted by atomic mass is 79.9. The van der Waals surface area contributed by atoms with E-state index in [0.717, 1.165) is 6.54 Å². The third-order valence-corrected chi connectivity index (χ3v) is 5.46. The molecule has 0 radical (unpaired) electrons. The maximum atomic E-state index is 3.61. The summed E-state index contributed by atoms with van der Waals surface area (Å²) in [5.41, 5.74) is 1.90.